The molecule has 0 aliphatic carbocycles. The fourth-order valence-electron chi connectivity index (χ4n) is 1.58. The number of aromatic amines is 2. The summed E-state index contributed by atoms with van der Waals surface area (Å²) in [7, 11) is 0. The molecule has 20 heavy (non-hydrogen) atoms. The van der Waals surface area contributed by atoms with Crippen molar-refractivity contribution in [2.45, 2.75) is 0 Å². The molecule has 0 aliphatic rings. The maximum absolute atomic E-state index is 4.12. The molecule has 1 aromatic carbocycles. The molecule has 6 nitrogen and oxygen atoms in total. The Hall–Kier alpha value is -3.02. The summed E-state index contributed by atoms with van der Waals surface area (Å²) in [5.74, 6) is 1.45. The molecule has 0 aliphatic heterocycles. The lowest BCUT2D eigenvalue weighted by molar-refractivity contribution is 1.17. The van der Waals surface area contributed by atoms with E-state index in [2.05, 4.69) is 30.4 Å². The number of nitrogens with one attached hydrogen (secondary N) is 2. The van der Waals surface area contributed by atoms with Gasteiger partial charge in [0.05, 0.1) is 11.4 Å². The molecule has 0 atom stereocenters. The summed E-state index contributed by atoms with van der Waals surface area (Å²) in [6, 6.07) is 14.8. The molecule has 98 valence electrons. The van der Waals surface area contributed by atoms with Crippen LogP contribution < -0.4 is 0 Å². The molecule has 0 spiro atoms. The van der Waals surface area contributed by atoms with Gasteiger partial charge in [-0.1, -0.05) is 0 Å². The van der Waals surface area contributed by atoms with Gasteiger partial charge in [0.25, 0.3) is 0 Å². The SMILES string of the molecule is c1c[nH]c(N=Nc2ccc(N=Nc3ccc[nH]3)cc2)c1. The summed E-state index contributed by atoms with van der Waals surface area (Å²) in [5.41, 5.74) is 1.52. The van der Waals surface area contributed by atoms with Crippen LogP contribution >= 0.6 is 0 Å². The van der Waals surface area contributed by atoms with Gasteiger partial charge in [-0.2, -0.15) is 0 Å². The second kappa shape index (κ2) is 5.75. The molecule has 0 amide bonds. The van der Waals surface area contributed by atoms with E-state index in [0.717, 1.165) is 23.0 Å². The van der Waals surface area contributed by atoms with Crippen molar-refractivity contribution in [1.29, 1.82) is 0 Å². The lowest BCUT2D eigenvalue weighted by Crippen LogP contribution is -1.65. The Morgan fingerprint density at radius 3 is 1.35 bits per heavy atom. The molecule has 0 saturated heterocycles. The number of aromatic nitrogens is 2. The molecule has 0 bridgehead atoms. The van der Waals surface area contributed by atoms with Gasteiger partial charge in [0.15, 0.2) is 11.6 Å². The van der Waals surface area contributed by atoms with E-state index in [4.69, 9.17) is 0 Å². The average molecular weight is 264 g/mol. The standard InChI is InChI=1S/C14H12N6/c1-3-13(15-9-1)19-17-11-5-7-12(8-6-11)18-20-14-4-2-10-16-14/h1-10,15-16H. The molecule has 2 heterocycles. The fourth-order valence-corrected chi connectivity index (χ4v) is 1.58. The van der Waals surface area contributed by atoms with Crippen molar-refractivity contribution in [1.82, 2.24) is 9.97 Å². The maximum Gasteiger partial charge on any atom is 0.152 e. The number of benzene rings is 1. The van der Waals surface area contributed by atoms with Crippen LogP contribution in [0.25, 0.3) is 0 Å². The van der Waals surface area contributed by atoms with Crippen molar-refractivity contribution < 1.29 is 0 Å². The first-order valence-corrected chi connectivity index (χ1v) is 6.10. The predicted molar refractivity (Wildman–Crippen MR) is 76.4 cm³/mol. The summed E-state index contributed by atoms with van der Waals surface area (Å²) in [6.45, 7) is 0. The summed E-state index contributed by atoms with van der Waals surface area (Å²) < 4.78 is 0. The van der Waals surface area contributed by atoms with Crippen molar-refractivity contribution in [2.24, 2.45) is 20.5 Å². The van der Waals surface area contributed by atoms with Crippen LogP contribution in [-0.2, 0) is 0 Å². The Morgan fingerprint density at radius 1 is 0.550 bits per heavy atom. The average Bonchev–Trinajstić information content (AvgIpc) is 3.17. The van der Waals surface area contributed by atoms with Crippen LogP contribution in [0, 0.1) is 0 Å². The van der Waals surface area contributed by atoms with Gasteiger partial charge in [-0.15, -0.1) is 20.5 Å². The topological polar surface area (TPSA) is 81.0 Å². The Kier molecular flexibility index (Phi) is 3.46. The monoisotopic (exact) mass is 264 g/mol. The molecule has 2 N–H and O–H groups in total. The van der Waals surface area contributed by atoms with E-state index in [1.165, 1.54) is 0 Å². The Bertz CT molecular complexity index is 629. The number of rotatable bonds is 4. The van der Waals surface area contributed by atoms with Gasteiger partial charge < -0.3 is 9.97 Å². The van der Waals surface area contributed by atoms with Crippen molar-refractivity contribution in [3.8, 4) is 0 Å². The van der Waals surface area contributed by atoms with Gasteiger partial charge in [0.2, 0.25) is 0 Å². The third kappa shape index (κ3) is 3.05. The largest absolute Gasteiger partial charge is 0.345 e. The van der Waals surface area contributed by atoms with E-state index in [1.807, 2.05) is 48.5 Å². The summed E-state index contributed by atoms with van der Waals surface area (Å²) >= 11 is 0. The zero-order valence-corrected chi connectivity index (χ0v) is 10.6. The summed E-state index contributed by atoms with van der Waals surface area (Å²) in [4.78, 5) is 5.91. The zero-order chi connectivity index (χ0) is 13.6. The van der Waals surface area contributed by atoms with Crippen molar-refractivity contribution in [2.75, 3.05) is 0 Å². The lowest BCUT2D eigenvalue weighted by Gasteiger charge is -1.93. The van der Waals surface area contributed by atoms with E-state index < -0.39 is 0 Å². The van der Waals surface area contributed by atoms with Gasteiger partial charge >= 0.3 is 0 Å². The van der Waals surface area contributed by atoms with E-state index in [1.54, 1.807) is 12.4 Å². The number of hydrogen-bond donors (Lipinski definition) is 2. The van der Waals surface area contributed by atoms with Gasteiger partial charge in [0.1, 0.15) is 0 Å². The smallest absolute Gasteiger partial charge is 0.152 e. The fraction of sp³-hybridized carbons (Fsp3) is 0. The van der Waals surface area contributed by atoms with Crippen LogP contribution in [0.1, 0.15) is 0 Å². The van der Waals surface area contributed by atoms with Gasteiger partial charge in [-0.3, -0.25) is 0 Å². The minimum Gasteiger partial charge on any atom is -0.345 e. The lowest BCUT2D eigenvalue weighted by atomic mass is 10.3. The molecule has 3 aromatic rings. The van der Waals surface area contributed by atoms with Crippen molar-refractivity contribution in [3.63, 3.8) is 0 Å². The normalized spacial score (nSPS) is 11.6. The third-order valence-electron chi connectivity index (χ3n) is 2.56. The minimum absolute atomic E-state index is 0.723. The van der Waals surface area contributed by atoms with E-state index in [9.17, 15) is 0 Å². The van der Waals surface area contributed by atoms with Crippen LogP contribution in [0.3, 0.4) is 0 Å². The van der Waals surface area contributed by atoms with Gasteiger partial charge in [-0.25, -0.2) is 0 Å². The number of nitrogens with zero attached hydrogens (tertiary/aromatic N) is 4. The number of H-pyrrole nitrogens is 2. The molecule has 6 heteroatoms. The molecule has 0 unspecified atom stereocenters. The second-order valence-corrected chi connectivity index (χ2v) is 4.03. The first-order chi connectivity index (χ1) is 9.90. The molecular formula is C14H12N6. The van der Waals surface area contributed by atoms with Gasteiger partial charge in [0, 0.05) is 12.4 Å². The maximum atomic E-state index is 4.12. The van der Waals surface area contributed by atoms with E-state index in [0.29, 0.717) is 0 Å². The van der Waals surface area contributed by atoms with Crippen molar-refractivity contribution >= 4 is 23.0 Å². The summed E-state index contributed by atoms with van der Waals surface area (Å²) in [6.07, 6.45) is 3.61. The highest BCUT2D eigenvalue weighted by Gasteiger charge is 1.93. The molecule has 0 saturated carbocycles. The predicted octanol–water partition coefficient (Wildman–Crippen LogP) is 5.17. The van der Waals surface area contributed by atoms with Crippen LogP contribution in [0.4, 0.5) is 23.0 Å². The van der Waals surface area contributed by atoms with Crippen LogP contribution in [0.5, 0.6) is 0 Å². The van der Waals surface area contributed by atoms with E-state index >= 15 is 0 Å². The Morgan fingerprint density at radius 2 is 1.00 bits per heavy atom. The first kappa shape index (κ1) is 12.0. The third-order valence-corrected chi connectivity index (χ3v) is 2.56. The molecule has 0 radical (unpaired) electrons. The molecular weight excluding hydrogens is 252 g/mol. The summed E-state index contributed by atoms with van der Waals surface area (Å²) in [5, 5.41) is 16.4. The molecule has 2 aromatic heterocycles. The van der Waals surface area contributed by atoms with Crippen LogP contribution in [-0.4, -0.2) is 9.97 Å². The molecule has 0 fully saturated rings. The molecule has 3 rings (SSSR count). The van der Waals surface area contributed by atoms with Gasteiger partial charge in [-0.05, 0) is 48.5 Å². The Balaban J connectivity index is 1.68. The highest BCUT2D eigenvalue weighted by Crippen LogP contribution is 2.22. The van der Waals surface area contributed by atoms with Crippen LogP contribution in [0.2, 0.25) is 0 Å². The quantitative estimate of drug-likeness (QED) is 0.609. The Labute approximate surface area is 115 Å². The zero-order valence-electron chi connectivity index (χ0n) is 10.6. The second-order valence-electron chi connectivity index (χ2n) is 4.03. The number of azo groups is 2. The minimum atomic E-state index is 0.723. The first-order valence-electron chi connectivity index (χ1n) is 6.10. The highest BCUT2D eigenvalue weighted by molar-refractivity contribution is 5.47. The van der Waals surface area contributed by atoms with Crippen molar-refractivity contribution in [3.05, 3.63) is 60.9 Å². The van der Waals surface area contributed by atoms with Crippen LogP contribution in [0.15, 0.2) is 81.4 Å². The van der Waals surface area contributed by atoms with E-state index in [-0.39, 0.29) is 0 Å². The highest BCUT2D eigenvalue weighted by atomic mass is 15.2. The number of hydrogen-bond acceptors (Lipinski definition) is 4.